The lowest BCUT2D eigenvalue weighted by atomic mass is 9.92. The van der Waals surface area contributed by atoms with Crippen molar-refractivity contribution in [2.75, 3.05) is 0 Å². The number of aromatic hydroxyl groups is 1. The molecule has 1 saturated carbocycles. The van der Waals surface area contributed by atoms with Gasteiger partial charge in [0.25, 0.3) is 0 Å². The number of fused-ring (bicyclic) bond motifs is 1. The average Bonchev–Trinajstić information content (AvgIpc) is 3.08. The Bertz CT molecular complexity index is 1010. The molecule has 1 aromatic carbocycles. The highest BCUT2D eigenvalue weighted by atomic mass is 19.4. The number of aromatic nitrogens is 2. The Morgan fingerprint density at radius 2 is 1.86 bits per heavy atom. The van der Waals surface area contributed by atoms with E-state index in [9.17, 15) is 23.1 Å². The first kappa shape index (κ1) is 18.1. The summed E-state index contributed by atoms with van der Waals surface area (Å²) in [4.78, 5) is 15.0. The van der Waals surface area contributed by atoms with Crippen LogP contribution in [0.5, 0.6) is 11.5 Å². The van der Waals surface area contributed by atoms with Crippen molar-refractivity contribution in [3.8, 4) is 22.6 Å². The summed E-state index contributed by atoms with van der Waals surface area (Å²) >= 11 is 0. The van der Waals surface area contributed by atoms with Gasteiger partial charge in [0.2, 0.25) is 0 Å². The maximum Gasteiger partial charge on any atom is 0.490 e. The summed E-state index contributed by atoms with van der Waals surface area (Å²) < 4.78 is 48.9. The summed E-state index contributed by atoms with van der Waals surface area (Å²) in [5.41, 5.74) is 2.38. The molecule has 1 aliphatic rings. The molecule has 3 aromatic rings. The zero-order valence-electron chi connectivity index (χ0n) is 14.4. The van der Waals surface area contributed by atoms with Crippen molar-refractivity contribution >= 4 is 11.5 Å². The van der Waals surface area contributed by atoms with Gasteiger partial charge in [0.1, 0.15) is 29.2 Å². The third-order valence-corrected chi connectivity index (χ3v) is 4.53. The van der Waals surface area contributed by atoms with E-state index in [4.69, 9.17) is 4.74 Å². The molecule has 0 radical (unpaired) electrons. The molecule has 6 nitrogen and oxygen atoms in total. The maximum atomic E-state index is 12.3. The van der Waals surface area contributed by atoms with Gasteiger partial charge in [0.05, 0.1) is 12.5 Å². The van der Waals surface area contributed by atoms with Crippen molar-refractivity contribution in [1.82, 2.24) is 9.38 Å². The van der Waals surface area contributed by atoms with E-state index in [1.165, 1.54) is 0 Å². The van der Waals surface area contributed by atoms with Gasteiger partial charge in [0, 0.05) is 24.6 Å². The van der Waals surface area contributed by atoms with Gasteiger partial charge in [0.15, 0.2) is 0 Å². The van der Waals surface area contributed by atoms with E-state index in [1.54, 1.807) is 47.3 Å². The molecule has 0 spiro atoms. The van der Waals surface area contributed by atoms with Crippen LogP contribution in [0.2, 0.25) is 0 Å². The van der Waals surface area contributed by atoms with Crippen LogP contribution in [-0.4, -0.2) is 38.8 Å². The van der Waals surface area contributed by atoms with Crippen molar-refractivity contribution < 1.29 is 32.5 Å². The highest BCUT2D eigenvalue weighted by Crippen LogP contribution is 2.34. The SMILES string of the molecule is O=C(OC1CC(Oc2cc(-c3ccc(O)cc3)cn3cncc23)C1)C(F)(F)F. The number of pyridine rings is 1. The molecule has 1 fully saturated rings. The number of ether oxygens (including phenoxy) is 2. The number of nitrogens with zero attached hydrogens (tertiary/aromatic N) is 2. The summed E-state index contributed by atoms with van der Waals surface area (Å²) in [6.07, 6.45) is -0.696. The monoisotopic (exact) mass is 392 g/mol. The van der Waals surface area contributed by atoms with Gasteiger partial charge >= 0.3 is 12.1 Å². The van der Waals surface area contributed by atoms with Gasteiger partial charge < -0.3 is 19.0 Å². The number of phenolic OH excluding ortho intramolecular Hbond substituents is 1. The highest BCUT2D eigenvalue weighted by Gasteiger charge is 2.45. The van der Waals surface area contributed by atoms with Gasteiger partial charge in [-0.25, -0.2) is 9.78 Å². The second-order valence-corrected chi connectivity index (χ2v) is 6.56. The molecule has 9 heteroatoms. The summed E-state index contributed by atoms with van der Waals surface area (Å²) in [7, 11) is 0. The summed E-state index contributed by atoms with van der Waals surface area (Å²) in [6.45, 7) is 0. The van der Waals surface area contributed by atoms with E-state index < -0.39 is 18.2 Å². The van der Waals surface area contributed by atoms with Crippen molar-refractivity contribution in [1.29, 1.82) is 0 Å². The molecule has 1 aliphatic carbocycles. The molecule has 1 N–H and O–H groups in total. The predicted molar refractivity (Wildman–Crippen MR) is 91.9 cm³/mol. The Morgan fingerprint density at radius 1 is 1.14 bits per heavy atom. The zero-order chi connectivity index (χ0) is 19.9. The number of esters is 1. The fraction of sp³-hybridized carbons (Fsp3) is 0.263. The lowest BCUT2D eigenvalue weighted by Crippen LogP contribution is -2.43. The molecular weight excluding hydrogens is 377 g/mol. The molecule has 0 saturated heterocycles. The van der Waals surface area contributed by atoms with E-state index in [0.29, 0.717) is 11.3 Å². The summed E-state index contributed by atoms with van der Waals surface area (Å²) in [6, 6.07) is 8.46. The smallest absolute Gasteiger partial charge is 0.490 e. The van der Waals surface area contributed by atoms with Gasteiger partial charge in [-0.2, -0.15) is 13.2 Å². The van der Waals surface area contributed by atoms with Gasteiger partial charge in [-0.05, 0) is 23.8 Å². The van der Waals surface area contributed by atoms with E-state index in [-0.39, 0.29) is 24.7 Å². The van der Waals surface area contributed by atoms with Crippen molar-refractivity contribution in [2.45, 2.75) is 31.2 Å². The molecule has 2 aromatic heterocycles. The van der Waals surface area contributed by atoms with Crippen LogP contribution >= 0.6 is 0 Å². The normalized spacial score (nSPS) is 19.2. The quantitative estimate of drug-likeness (QED) is 0.685. The number of rotatable bonds is 4. The lowest BCUT2D eigenvalue weighted by molar-refractivity contribution is -0.211. The molecule has 0 aliphatic heterocycles. The molecular formula is C19H15F3N2O4. The number of carbonyl (C=O) groups is 1. The summed E-state index contributed by atoms with van der Waals surface area (Å²) in [5.74, 6) is -1.50. The van der Waals surface area contributed by atoms with Crippen LogP contribution in [0.25, 0.3) is 16.6 Å². The van der Waals surface area contributed by atoms with E-state index >= 15 is 0 Å². The second-order valence-electron chi connectivity index (χ2n) is 6.56. The van der Waals surface area contributed by atoms with E-state index in [1.807, 2.05) is 6.20 Å². The van der Waals surface area contributed by atoms with Crippen LogP contribution in [-0.2, 0) is 9.53 Å². The molecule has 28 heavy (non-hydrogen) atoms. The van der Waals surface area contributed by atoms with Crippen LogP contribution in [0, 0.1) is 0 Å². The minimum atomic E-state index is -4.99. The molecule has 0 amide bonds. The third kappa shape index (κ3) is 3.60. The van der Waals surface area contributed by atoms with Crippen LogP contribution < -0.4 is 4.74 Å². The minimum Gasteiger partial charge on any atom is -0.508 e. The third-order valence-electron chi connectivity index (χ3n) is 4.53. The Balaban J connectivity index is 1.49. The second kappa shape index (κ2) is 6.74. The number of hydrogen-bond donors (Lipinski definition) is 1. The molecule has 2 heterocycles. The Hall–Kier alpha value is -3.23. The fourth-order valence-corrected chi connectivity index (χ4v) is 3.01. The Labute approximate surface area is 157 Å². The van der Waals surface area contributed by atoms with Crippen LogP contribution in [0.4, 0.5) is 13.2 Å². The zero-order valence-corrected chi connectivity index (χ0v) is 14.4. The predicted octanol–water partition coefficient (Wildman–Crippen LogP) is 3.72. The first-order chi connectivity index (χ1) is 13.3. The first-order valence-electron chi connectivity index (χ1n) is 8.49. The number of halogens is 3. The Kier molecular flexibility index (Phi) is 4.37. The van der Waals surface area contributed by atoms with Crippen LogP contribution in [0.3, 0.4) is 0 Å². The molecule has 0 atom stereocenters. The minimum absolute atomic E-state index is 0.151. The maximum absolute atomic E-state index is 12.3. The van der Waals surface area contributed by atoms with Gasteiger partial charge in [-0.3, -0.25) is 0 Å². The summed E-state index contributed by atoms with van der Waals surface area (Å²) in [5, 5.41) is 9.45. The number of phenols is 1. The number of carbonyl (C=O) groups excluding carboxylic acids is 1. The number of hydrogen-bond acceptors (Lipinski definition) is 5. The van der Waals surface area contributed by atoms with E-state index in [0.717, 1.165) is 11.1 Å². The van der Waals surface area contributed by atoms with Crippen molar-refractivity contribution in [2.24, 2.45) is 0 Å². The lowest BCUT2D eigenvalue weighted by Gasteiger charge is -2.34. The van der Waals surface area contributed by atoms with Gasteiger partial charge in [-0.1, -0.05) is 12.1 Å². The standard InChI is InChI=1S/C19H15F3N2O4/c20-19(21,22)18(26)28-15-6-14(7-15)27-17-5-12(9-24-10-23-8-16(17)24)11-1-3-13(25)4-2-11/h1-5,8-10,14-15,25H,6-7H2. The fourth-order valence-electron chi connectivity index (χ4n) is 3.01. The molecule has 146 valence electrons. The largest absolute Gasteiger partial charge is 0.508 e. The topological polar surface area (TPSA) is 73.1 Å². The number of benzene rings is 1. The average molecular weight is 392 g/mol. The number of alkyl halides is 3. The van der Waals surface area contributed by atoms with E-state index in [2.05, 4.69) is 9.72 Å². The molecule has 4 rings (SSSR count). The number of imidazole rings is 1. The highest BCUT2D eigenvalue weighted by molar-refractivity contribution is 5.76. The first-order valence-corrected chi connectivity index (χ1v) is 8.49. The van der Waals surface area contributed by atoms with Crippen LogP contribution in [0.15, 0.2) is 49.1 Å². The molecule has 0 unspecified atom stereocenters. The Morgan fingerprint density at radius 3 is 2.54 bits per heavy atom. The van der Waals surface area contributed by atoms with Gasteiger partial charge in [-0.15, -0.1) is 0 Å². The van der Waals surface area contributed by atoms with Crippen molar-refractivity contribution in [3.63, 3.8) is 0 Å². The molecule has 0 bridgehead atoms. The van der Waals surface area contributed by atoms with Crippen molar-refractivity contribution in [3.05, 3.63) is 49.1 Å². The van der Waals surface area contributed by atoms with Crippen LogP contribution in [0.1, 0.15) is 12.8 Å².